The number of rotatable bonds is 3. The lowest BCUT2D eigenvalue weighted by Crippen LogP contribution is -2.21. The quantitative estimate of drug-likeness (QED) is 0.668. The third-order valence-corrected chi connectivity index (χ3v) is 3.25. The lowest BCUT2D eigenvalue weighted by Gasteiger charge is -2.20. The average Bonchev–Trinajstić information content (AvgIpc) is 2.36. The minimum atomic E-state index is 0.521. The van der Waals surface area contributed by atoms with Crippen molar-refractivity contribution in [3.63, 3.8) is 0 Å². The molecule has 0 unspecified atom stereocenters. The largest absolute Gasteiger partial charge is 0.293 e. The van der Waals surface area contributed by atoms with Gasteiger partial charge in [0.25, 0.3) is 0 Å². The van der Waals surface area contributed by atoms with Gasteiger partial charge in [0, 0.05) is 18.2 Å². The van der Waals surface area contributed by atoms with Crippen LogP contribution >= 0.6 is 11.8 Å². The molecule has 1 heterocycles. The highest BCUT2D eigenvalue weighted by Crippen LogP contribution is 2.21. The van der Waals surface area contributed by atoms with Crippen molar-refractivity contribution in [3.8, 4) is 0 Å². The van der Waals surface area contributed by atoms with E-state index < -0.39 is 0 Å². The van der Waals surface area contributed by atoms with E-state index >= 15 is 0 Å². The molecule has 1 aliphatic heterocycles. The molecule has 1 aliphatic rings. The summed E-state index contributed by atoms with van der Waals surface area (Å²) in [6.45, 7) is 9.60. The molecule has 0 spiro atoms. The zero-order chi connectivity index (χ0) is 9.03. The van der Waals surface area contributed by atoms with Crippen LogP contribution in [0.5, 0.6) is 0 Å². The van der Waals surface area contributed by atoms with Gasteiger partial charge in [-0.2, -0.15) is 0 Å². The lowest BCUT2D eigenvalue weighted by molar-refractivity contribution is 0.298. The van der Waals surface area contributed by atoms with Gasteiger partial charge in [0.1, 0.15) is 0 Å². The van der Waals surface area contributed by atoms with Crippen LogP contribution in [0.15, 0.2) is 0 Å². The van der Waals surface area contributed by atoms with Crippen molar-refractivity contribution in [1.29, 1.82) is 0 Å². The van der Waals surface area contributed by atoms with E-state index in [1.165, 1.54) is 37.6 Å². The van der Waals surface area contributed by atoms with Crippen LogP contribution in [0.4, 0.5) is 0 Å². The summed E-state index contributed by atoms with van der Waals surface area (Å²) < 4.78 is 0. The minimum absolute atomic E-state index is 0.521. The molecule has 0 N–H and O–H groups in total. The van der Waals surface area contributed by atoms with E-state index in [4.69, 9.17) is 0 Å². The van der Waals surface area contributed by atoms with E-state index in [0.29, 0.717) is 5.41 Å². The van der Waals surface area contributed by atoms with E-state index in [9.17, 15) is 0 Å². The predicted octanol–water partition coefficient (Wildman–Crippen LogP) is 2.82. The number of hydrogen-bond donors (Lipinski definition) is 0. The SMILES string of the molecule is CC(C)(C)CCCN1CCSC1. The van der Waals surface area contributed by atoms with Gasteiger partial charge in [0.05, 0.1) is 0 Å². The van der Waals surface area contributed by atoms with Crippen molar-refractivity contribution in [1.82, 2.24) is 4.90 Å². The summed E-state index contributed by atoms with van der Waals surface area (Å²) in [5.41, 5.74) is 0.521. The van der Waals surface area contributed by atoms with Gasteiger partial charge >= 0.3 is 0 Å². The molecule has 1 rings (SSSR count). The lowest BCUT2D eigenvalue weighted by atomic mass is 9.90. The van der Waals surface area contributed by atoms with Gasteiger partial charge in [0.15, 0.2) is 0 Å². The third kappa shape index (κ3) is 4.36. The summed E-state index contributed by atoms with van der Waals surface area (Å²) >= 11 is 2.07. The normalized spacial score (nSPS) is 20.2. The molecule has 0 aromatic rings. The van der Waals surface area contributed by atoms with Crippen LogP contribution in [-0.2, 0) is 0 Å². The number of hydrogen-bond acceptors (Lipinski definition) is 2. The molecule has 0 aromatic heterocycles. The van der Waals surface area contributed by atoms with Crippen molar-refractivity contribution in [2.45, 2.75) is 33.6 Å². The maximum Gasteiger partial charge on any atom is 0.0445 e. The van der Waals surface area contributed by atoms with Crippen molar-refractivity contribution in [2.24, 2.45) is 5.41 Å². The van der Waals surface area contributed by atoms with E-state index in [2.05, 4.69) is 37.4 Å². The summed E-state index contributed by atoms with van der Waals surface area (Å²) in [5.74, 6) is 2.61. The molecule has 0 amide bonds. The summed E-state index contributed by atoms with van der Waals surface area (Å²) in [7, 11) is 0. The van der Waals surface area contributed by atoms with Crippen molar-refractivity contribution >= 4 is 11.8 Å². The Morgan fingerprint density at radius 3 is 2.58 bits per heavy atom. The third-order valence-electron chi connectivity index (χ3n) is 2.23. The molecule has 0 radical (unpaired) electrons. The van der Waals surface area contributed by atoms with Crippen molar-refractivity contribution in [2.75, 3.05) is 24.7 Å². The Morgan fingerprint density at radius 2 is 2.08 bits per heavy atom. The molecule has 0 bridgehead atoms. The van der Waals surface area contributed by atoms with Crippen LogP contribution in [0.1, 0.15) is 33.6 Å². The molecular weight excluding hydrogens is 166 g/mol. The molecule has 0 aromatic carbocycles. The summed E-state index contributed by atoms with van der Waals surface area (Å²) in [6.07, 6.45) is 2.72. The van der Waals surface area contributed by atoms with Gasteiger partial charge in [-0.15, -0.1) is 11.8 Å². The second-order valence-electron chi connectivity index (χ2n) is 4.82. The van der Waals surface area contributed by atoms with E-state index in [1.807, 2.05) is 0 Å². The Morgan fingerprint density at radius 1 is 1.33 bits per heavy atom. The van der Waals surface area contributed by atoms with Crippen LogP contribution in [-0.4, -0.2) is 29.6 Å². The maximum atomic E-state index is 2.57. The Kier molecular flexibility index (Phi) is 3.91. The first-order valence-corrected chi connectivity index (χ1v) is 6.03. The molecule has 1 nitrogen and oxygen atoms in total. The van der Waals surface area contributed by atoms with Crippen molar-refractivity contribution in [3.05, 3.63) is 0 Å². The highest BCUT2D eigenvalue weighted by atomic mass is 32.2. The van der Waals surface area contributed by atoms with Crippen LogP contribution in [0.25, 0.3) is 0 Å². The molecule has 72 valence electrons. The molecule has 0 saturated carbocycles. The average molecular weight is 187 g/mol. The van der Waals surface area contributed by atoms with Crippen LogP contribution < -0.4 is 0 Å². The van der Waals surface area contributed by atoms with Crippen LogP contribution in [0.2, 0.25) is 0 Å². The monoisotopic (exact) mass is 187 g/mol. The second kappa shape index (κ2) is 4.52. The Balaban J connectivity index is 2.02. The standard InChI is InChI=1S/C10H21NS/c1-10(2,3)5-4-6-11-7-8-12-9-11/h4-9H2,1-3H3. The van der Waals surface area contributed by atoms with Gasteiger partial charge in [0.2, 0.25) is 0 Å². The number of thioether (sulfide) groups is 1. The van der Waals surface area contributed by atoms with Gasteiger partial charge < -0.3 is 0 Å². The molecule has 2 heteroatoms. The summed E-state index contributed by atoms with van der Waals surface area (Å²) in [4.78, 5) is 2.57. The fourth-order valence-electron chi connectivity index (χ4n) is 1.46. The highest BCUT2D eigenvalue weighted by molar-refractivity contribution is 7.99. The predicted molar refractivity (Wildman–Crippen MR) is 57.6 cm³/mol. The van der Waals surface area contributed by atoms with E-state index in [1.54, 1.807) is 0 Å². The summed E-state index contributed by atoms with van der Waals surface area (Å²) in [6, 6.07) is 0. The van der Waals surface area contributed by atoms with Gasteiger partial charge in [-0.05, 0) is 24.8 Å². The van der Waals surface area contributed by atoms with E-state index in [-0.39, 0.29) is 0 Å². The molecule has 1 fully saturated rings. The van der Waals surface area contributed by atoms with Gasteiger partial charge in [-0.3, -0.25) is 4.90 Å². The zero-order valence-corrected chi connectivity index (χ0v) is 9.41. The fourth-order valence-corrected chi connectivity index (χ4v) is 2.49. The summed E-state index contributed by atoms with van der Waals surface area (Å²) in [5, 5.41) is 0. The molecule has 12 heavy (non-hydrogen) atoms. The van der Waals surface area contributed by atoms with Crippen LogP contribution in [0.3, 0.4) is 0 Å². The first-order chi connectivity index (χ1) is 5.58. The Bertz CT molecular complexity index is 122. The molecule has 1 saturated heterocycles. The Hall–Kier alpha value is 0.310. The zero-order valence-electron chi connectivity index (χ0n) is 8.60. The van der Waals surface area contributed by atoms with Crippen molar-refractivity contribution < 1.29 is 0 Å². The smallest absolute Gasteiger partial charge is 0.0445 e. The maximum absolute atomic E-state index is 2.57. The highest BCUT2D eigenvalue weighted by Gasteiger charge is 2.14. The fraction of sp³-hybridized carbons (Fsp3) is 1.00. The molecule has 0 aliphatic carbocycles. The second-order valence-corrected chi connectivity index (χ2v) is 5.89. The first-order valence-electron chi connectivity index (χ1n) is 4.88. The van der Waals surface area contributed by atoms with Gasteiger partial charge in [-0.25, -0.2) is 0 Å². The molecular formula is C10H21NS. The Labute approximate surface area is 80.9 Å². The first kappa shape index (κ1) is 10.4. The topological polar surface area (TPSA) is 3.24 Å². The minimum Gasteiger partial charge on any atom is -0.293 e. The van der Waals surface area contributed by atoms with Crippen LogP contribution in [0, 0.1) is 5.41 Å². The van der Waals surface area contributed by atoms with Gasteiger partial charge in [-0.1, -0.05) is 20.8 Å². The van der Waals surface area contributed by atoms with E-state index in [0.717, 1.165) is 0 Å². The molecule has 0 atom stereocenters. The number of nitrogens with zero attached hydrogens (tertiary/aromatic N) is 1.